The molecule has 1 aromatic rings. The first-order valence-electron chi connectivity index (χ1n) is 6.11. The highest BCUT2D eigenvalue weighted by molar-refractivity contribution is 5.89. The second-order valence-electron chi connectivity index (χ2n) is 4.74. The molecular weight excluding hydrogens is 232 g/mol. The lowest BCUT2D eigenvalue weighted by atomic mass is 10.2. The number of ether oxygens (including phenoxy) is 3. The smallest absolute Gasteiger partial charge is 0.338 e. The van der Waals surface area contributed by atoms with E-state index in [0.29, 0.717) is 25.2 Å². The monoisotopic (exact) mass is 250 g/mol. The van der Waals surface area contributed by atoms with Gasteiger partial charge in [0.15, 0.2) is 5.79 Å². The Balaban J connectivity index is 1.72. The largest absolute Gasteiger partial charge is 0.462 e. The van der Waals surface area contributed by atoms with Crippen LogP contribution in [0, 0.1) is 0 Å². The van der Waals surface area contributed by atoms with Crippen molar-refractivity contribution in [2.75, 3.05) is 13.2 Å². The van der Waals surface area contributed by atoms with E-state index in [0.717, 1.165) is 0 Å². The molecule has 98 valence electrons. The van der Waals surface area contributed by atoms with Gasteiger partial charge >= 0.3 is 5.97 Å². The van der Waals surface area contributed by atoms with Crippen LogP contribution in [0.15, 0.2) is 30.3 Å². The molecule has 4 nitrogen and oxygen atoms in total. The van der Waals surface area contributed by atoms with E-state index in [-0.39, 0.29) is 12.1 Å². The van der Waals surface area contributed by atoms with Gasteiger partial charge in [0, 0.05) is 6.42 Å². The third-order valence-corrected chi connectivity index (χ3v) is 2.75. The van der Waals surface area contributed by atoms with Gasteiger partial charge in [-0.25, -0.2) is 4.79 Å². The van der Waals surface area contributed by atoms with Crippen molar-refractivity contribution in [3.8, 4) is 0 Å². The van der Waals surface area contributed by atoms with Crippen LogP contribution >= 0.6 is 0 Å². The maximum atomic E-state index is 11.7. The molecule has 0 bridgehead atoms. The van der Waals surface area contributed by atoms with Crippen molar-refractivity contribution in [1.29, 1.82) is 0 Å². The molecule has 0 aliphatic carbocycles. The van der Waals surface area contributed by atoms with Crippen LogP contribution in [0.5, 0.6) is 0 Å². The highest BCUT2D eigenvalue weighted by atomic mass is 16.7. The van der Waals surface area contributed by atoms with Crippen LogP contribution in [-0.2, 0) is 14.2 Å². The lowest BCUT2D eigenvalue weighted by molar-refractivity contribution is -0.139. The van der Waals surface area contributed by atoms with Gasteiger partial charge in [0.1, 0.15) is 0 Å². The Labute approximate surface area is 107 Å². The molecule has 1 heterocycles. The summed E-state index contributed by atoms with van der Waals surface area (Å²) in [7, 11) is 0. The van der Waals surface area contributed by atoms with Gasteiger partial charge < -0.3 is 14.2 Å². The van der Waals surface area contributed by atoms with Gasteiger partial charge in [-0.15, -0.1) is 0 Å². The van der Waals surface area contributed by atoms with Crippen molar-refractivity contribution >= 4 is 5.97 Å². The Morgan fingerprint density at radius 3 is 2.72 bits per heavy atom. The summed E-state index contributed by atoms with van der Waals surface area (Å²) in [5, 5.41) is 0. The van der Waals surface area contributed by atoms with Crippen molar-refractivity contribution < 1.29 is 19.0 Å². The molecule has 1 saturated heterocycles. The molecule has 0 N–H and O–H groups in total. The zero-order valence-corrected chi connectivity index (χ0v) is 10.7. The zero-order valence-electron chi connectivity index (χ0n) is 10.7. The van der Waals surface area contributed by atoms with Crippen molar-refractivity contribution in [1.82, 2.24) is 0 Å². The standard InChI is InChI=1S/C14H18O4/c1-14(2)17-10-12(18-14)8-9-16-13(15)11-6-4-3-5-7-11/h3-7,12H,8-10H2,1-2H3/t12-/m1/s1. The summed E-state index contributed by atoms with van der Waals surface area (Å²) < 4.78 is 16.2. The van der Waals surface area contributed by atoms with Crippen molar-refractivity contribution in [2.24, 2.45) is 0 Å². The van der Waals surface area contributed by atoms with E-state index < -0.39 is 5.79 Å². The molecule has 1 atom stereocenters. The normalized spacial score (nSPS) is 21.8. The van der Waals surface area contributed by atoms with Crippen LogP contribution < -0.4 is 0 Å². The Hall–Kier alpha value is -1.39. The van der Waals surface area contributed by atoms with Gasteiger partial charge in [-0.1, -0.05) is 18.2 Å². The number of carbonyl (C=O) groups excluding carboxylic acids is 1. The number of benzene rings is 1. The van der Waals surface area contributed by atoms with Crippen molar-refractivity contribution in [3.63, 3.8) is 0 Å². The van der Waals surface area contributed by atoms with Crippen LogP contribution in [0.25, 0.3) is 0 Å². The number of carbonyl (C=O) groups is 1. The minimum atomic E-state index is -0.520. The number of hydrogen-bond donors (Lipinski definition) is 0. The zero-order chi connectivity index (χ0) is 13.0. The Morgan fingerprint density at radius 2 is 2.11 bits per heavy atom. The Kier molecular flexibility index (Phi) is 3.99. The van der Waals surface area contributed by atoms with Gasteiger partial charge in [-0.2, -0.15) is 0 Å². The molecule has 1 aliphatic heterocycles. The van der Waals surface area contributed by atoms with Crippen LogP contribution in [0.2, 0.25) is 0 Å². The number of hydrogen-bond acceptors (Lipinski definition) is 4. The second-order valence-corrected chi connectivity index (χ2v) is 4.74. The molecule has 0 amide bonds. The van der Waals surface area contributed by atoms with E-state index >= 15 is 0 Å². The summed E-state index contributed by atoms with van der Waals surface area (Å²) in [6, 6.07) is 8.96. The lowest BCUT2D eigenvalue weighted by Gasteiger charge is -2.16. The average molecular weight is 250 g/mol. The molecule has 4 heteroatoms. The van der Waals surface area contributed by atoms with Crippen LogP contribution in [0.3, 0.4) is 0 Å². The van der Waals surface area contributed by atoms with Crippen molar-refractivity contribution in [3.05, 3.63) is 35.9 Å². The molecule has 0 radical (unpaired) electrons. The maximum Gasteiger partial charge on any atom is 0.338 e. The highest BCUT2D eigenvalue weighted by Gasteiger charge is 2.32. The summed E-state index contributed by atoms with van der Waals surface area (Å²) in [6.45, 7) is 4.65. The first kappa shape index (κ1) is 13.1. The molecule has 0 spiro atoms. The SMILES string of the molecule is CC1(C)OC[C@@H](CCOC(=O)c2ccccc2)O1. The quantitative estimate of drug-likeness (QED) is 0.770. The van der Waals surface area contributed by atoms with Gasteiger partial charge in [-0.05, 0) is 26.0 Å². The number of rotatable bonds is 4. The van der Waals surface area contributed by atoms with Crippen LogP contribution in [0.1, 0.15) is 30.6 Å². The van der Waals surface area contributed by atoms with Gasteiger partial charge in [0.05, 0.1) is 24.9 Å². The molecule has 0 aromatic heterocycles. The Morgan fingerprint density at radius 1 is 1.39 bits per heavy atom. The van der Waals surface area contributed by atoms with Gasteiger partial charge in [0.25, 0.3) is 0 Å². The van der Waals surface area contributed by atoms with Gasteiger partial charge in [0.2, 0.25) is 0 Å². The Bertz CT molecular complexity index is 400. The fourth-order valence-corrected chi connectivity index (χ4v) is 1.85. The first-order chi connectivity index (χ1) is 8.57. The molecule has 1 aromatic carbocycles. The topological polar surface area (TPSA) is 44.8 Å². The fraction of sp³-hybridized carbons (Fsp3) is 0.500. The predicted octanol–water partition coefficient (Wildman–Crippen LogP) is 2.39. The van der Waals surface area contributed by atoms with E-state index in [1.54, 1.807) is 12.1 Å². The van der Waals surface area contributed by atoms with E-state index in [4.69, 9.17) is 14.2 Å². The fourth-order valence-electron chi connectivity index (χ4n) is 1.85. The lowest BCUT2D eigenvalue weighted by Crippen LogP contribution is -2.22. The minimum absolute atomic E-state index is 0.00331. The van der Waals surface area contributed by atoms with Gasteiger partial charge in [-0.3, -0.25) is 0 Å². The molecule has 1 aliphatic rings. The third kappa shape index (κ3) is 3.55. The summed E-state index contributed by atoms with van der Waals surface area (Å²) in [5.74, 6) is -0.817. The molecule has 0 saturated carbocycles. The van der Waals surface area contributed by atoms with Crippen LogP contribution in [0.4, 0.5) is 0 Å². The molecule has 0 unspecified atom stereocenters. The molecule has 1 fully saturated rings. The summed E-state index contributed by atoms with van der Waals surface area (Å²) in [5.41, 5.74) is 0.571. The number of esters is 1. The third-order valence-electron chi connectivity index (χ3n) is 2.75. The minimum Gasteiger partial charge on any atom is -0.462 e. The van der Waals surface area contributed by atoms with E-state index in [1.807, 2.05) is 32.0 Å². The summed E-state index contributed by atoms with van der Waals surface area (Å²) >= 11 is 0. The van der Waals surface area contributed by atoms with E-state index in [9.17, 15) is 4.79 Å². The average Bonchev–Trinajstić information content (AvgIpc) is 2.70. The molecule has 18 heavy (non-hydrogen) atoms. The second kappa shape index (κ2) is 5.50. The predicted molar refractivity (Wildman–Crippen MR) is 66.2 cm³/mol. The van der Waals surface area contributed by atoms with Crippen LogP contribution in [-0.4, -0.2) is 31.1 Å². The van der Waals surface area contributed by atoms with E-state index in [1.165, 1.54) is 0 Å². The maximum absolute atomic E-state index is 11.7. The molecule has 2 rings (SSSR count). The summed E-state index contributed by atoms with van der Waals surface area (Å²) in [4.78, 5) is 11.7. The first-order valence-corrected chi connectivity index (χ1v) is 6.11. The van der Waals surface area contributed by atoms with E-state index in [2.05, 4.69) is 0 Å². The molecular formula is C14H18O4. The summed E-state index contributed by atoms with van der Waals surface area (Å²) in [6.07, 6.45) is 0.658. The van der Waals surface area contributed by atoms with Crippen molar-refractivity contribution in [2.45, 2.75) is 32.2 Å². The highest BCUT2D eigenvalue weighted by Crippen LogP contribution is 2.23.